The highest BCUT2D eigenvalue weighted by atomic mass is 16.4. The van der Waals surface area contributed by atoms with Crippen molar-refractivity contribution < 1.29 is 19.8 Å². The smallest absolute Gasteiger partial charge is 0.317 e. The fourth-order valence-electron chi connectivity index (χ4n) is 2.25. The molecule has 0 aliphatic rings. The average Bonchev–Trinajstić information content (AvgIpc) is 2.56. The first-order valence-electron chi connectivity index (χ1n) is 8.18. The number of nitrogens with zero attached hydrogens (tertiary/aromatic N) is 1. The Bertz CT molecular complexity index is 531. The Morgan fingerprint density at radius 2 is 1.83 bits per heavy atom. The van der Waals surface area contributed by atoms with Gasteiger partial charge in [-0.2, -0.15) is 0 Å². The number of amides is 2. The summed E-state index contributed by atoms with van der Waals surface area (Å²) in [5.41, 5.74) is 0.555. The molecule has 0 radical (unpaired) electrons. The van der Waals surface area contributed by atoms with E-state index >= 15 is 0 Å². The first-order valence-corrected chi connectivity index (χ1v) is 8.18. The van der Waals surface area contributed by atoms with Gasteiger partial charge in [0.15, 0.2) is 0 Å². The normalized spacial score (nSPS) is 12.5. The summed E-state index contributed by atoms with van der Waals surface area (Å²) in [6.07, 6.45) is 0.698. The van der Waals surface area contributed by atoms with Crippen LogP contribution in [-0.4, -0.2) is 53.4 Å². The Hall–Kier alpha value is -2.08. The third-order valence-electron chi connectivity index (χ3n) is 4.41. The number of aliphatic hydroxyl groups is 1. The molecule has 3 N–H and O–H groups in total. The van der Waals surface area contributed by atoms with Crippen LogP contribution in [0.15, 0.2) is 30.3 Å². The molecule has 0 saturated carbocycles. The second-order valence-corrected chi connectivity index (χ2v) is 6.65. The number of urea groups is 1. The molecule has 0 saturated heterocycles. The molecule has 0 unspecified atom stereocenters. The number of hydrogen-bond acceptors (Lipinski definition) is 3. The number of carbonyl (C=O) groups excluding carboxylic acids is 1. The maximum atomic E-state index is 12.3. The molecule has 2 amide bonds. The molecule has 0 spiro atoms. The lowest BCUT2D eigenvalue weighted by atomic mass is 9.80. The zero-order valence-electron chi connectivity index (χ0n) is 14.7. The zero-order chi connectivity index (χ0) is 18.2. The minimum absolute atomic E-state index is 0.114. The number of rotatable bonds is 9. The topological polar surface area (TPSA) is 89.9 Å². The summed E-state index contributed by atoms with van der Waals surface area (Å²) in [4.78, 5) is 25.0. The van der Waals surface area contributed by atoms with Gasteiger partial charge in [-0.3, -0.25) is 4.79 Å². The van der Waals surface area contributed by atoms with E-state index in [9.17, 15) is 14.7 Å². The second-order valence-electron chi connectivity index (χ2n) is 6.65. The number of nitrogens with one attached hydrogen (secondary N) is 1. The second kappa shape index (κ2) is 9.27. The molecule has 1 aromatic rings. The van der Waals surface area contributed by atoms with Crippen LogP contribution < -0.4 is 5.32 Å². The molecular formula is C18H28N2O4. The molecule has 0 heterocycles. The lowest BCUT2D eigenvalue weighted by Crippen LogP contribution is -2.47. The van der Waals surface area contributed by atoms with Gasteiger partial charge < -0.3 is 20.4 Å². The van der Waals surface area contributed by atoms with E-state index in [1.807, 2.05) is 44.2 Å². The molecule has 0 bridgehead atoms. The van der Waals surface area contributed by atoms with Gasteiger partial charge in [0.2, 0.25) is 0 Å². The molecule has 0 aliphatic heterocycles. The first-order chi connectivity index (χ1) is 11.3. The zero-order valence-corrected chi connectivity index (χ0v) is 14.7. The van der Waals surface area contributed by atoms with Crippen LogP contribution in [0.5, 0.6) is 0 Å². The van der Waals surface area contributed by atoms with Crippen molar-refractivity contribution in [3.8, 4) is 0 Å². The van der Waals surface area contributed by atoms with Crippen molar-refractivity contribution in [1.29, 1.82) is 0 Å². The lowest BCUT2D eigenvalue weighted by Gasteiger charge is -2.31. The van der Waals surface area contributed by atoms with E-state index in [0.29, 0.717) is 13.0 Å². The summed E-state index contributed by atoms with van der Waals surface area (Å²) in [6, 6.07) is 9.53. The number of aliphatic carboxylic acids is 1. The average molecular weight is 336 g/mol. The van der Waals surface area contributed by atoms with Crippen LogP contribution in [0.1, 0.15) is 26.3 Å². The SMILES string of the molecule is C[C@@H](C(=O)O)C(C)(C)CNC(=O)N(CCO)CCc1ccccc1. The highest BCUT2D eigenvalue weighted by Gasteiger charge is 2.32. The quantitative estimate of drug-likeness (QED) is 0.643. The largest absolute Gasteiger partial charge is 0.481 e. The molecule has 1 aromatic carbocycles. The molecule has 134 valence electrons. The maximum absolute atomic E-state index is 12.3. The van der Waals surface area contributed by atoms with Gasteiger partial charge in [0.25, 0.3) is 0 Å². The van der Waals surface area contributed by atoms with Crippen LogP contribution in [-0.2, 0) is 11.2 Å². The molecule has 0 aromatic heterocycles. The van der Waals surface area contributed by atoms with Gasteiger partial charge in [-0.1, -0.05) is 51.1 Å². The van der Waals surface area contributed by atoms with E-state index in [-0.39, 0.29) is 25.7 Å². The van der Waals surface area contributed by atoms with Gasteiger partial charge in [0.05, 0.1) is 12.5 Å². The number of carbonyl (C=O) groups is 2. The fraction of sp³-hybridized carbons (Fsp3) is 0.556. The fourth-order valence-corrected chi connectivity index (χ4v) is 2.25. The minimum Gasteiger partial charge on any atom is -0.481 e. The van der Waals surface area contributed by atoms with E-state index in [1.165, 1.54) is 0 Å². The van der Waals surface area contributed by atoms with Gasteiger partial charge in [-0.25, -0.2) is 4.79 Å². The number of aliphatic hydroxyl groups excluding tert-OH is 1. The Kier molecular flexibility index (Phi) is 7.71. The van der Waals surface area contributed by atoms with Gasteiger partial charge in [-0.15, -0.1) is 0 Å². The van der Waals surface area contributed by atoms with Crippen LogP contribution in [0, 0.1) is 11.3 Å². The van der Waals surface area contributed by atoms with Crippen molar-refractivity contribution in [2.24, 2.45) is 11.3 Å². The predicted molar refractivity (Wildman–Crippen MR) is 92.8 cm³/mol. The number of benzene rings is 1. The van der Waals surface area contributed by atoms with Crippen LogP contribution in [0.2, 0.25) is 0 Å². The van der Waals surface area contributed by atoms with Crippen molar-refractivity contribution in [2.75, 3.05) is 26.2 Å². The summed E-state index contributed by atoms with van der Waals surface area (Å²) < 4.78 is 0. The van der Waals surface area contributed by atoms with E-state index in [0.717, 1.165) is 5.56 Å². The Balaban J connectivity index is 2.58. The van der Waals surface area contributed by atoms with E-state index in [1.54, 1.807) is 11.8 Å². The maximum Gasteiger partial charge on any atom is 0.317 e. The number of carboxylic acid groups (broad SMARTS) is 1. The monoisotopic (exact) mass is 336 g/mol. The molecular weight excluding hydrogens is 308 g/mol. The third-order valence-corrected chi connectivity index (χ3v) is 4.41. The highest BCUT2D eigenvalue weighted by Crippen LogP contribution is 2.25. The molecule has 6 nitrogen and oxygen atoms in total. The predicted octanol–water partition coefficient (Wildman–Crippen LogP) is 1.98. The van der Waals surface area contributed by atoms with E-state index in [4.69, 9.17) is 5.11 Å². The minimum atomic E-state index is -0.884. The first kappa shape index (κ1) is 20.0. The Morgan fingerprint density at radius 1 is 1.21 bits per heavy atom. The van der Waals surface area contributed by atoms with Crippen molar-refractivity contribution in [2.45, 2.75) is 27.2 Å². The summed E-state index contributed by atoms with van der Waals surface area (Å²) in [7, 11) is 0. The summed E-state index contributed by atoms with van der Waals surface area (Å²) in [5, 5.41) is 21.1. The molecule has 24 heavy (non-hydrogen) atoms. The van der Waals surface area contributed by atoms with Crippen LogP contribution >= 0.6 is 0 Å². The highest BCUT2D eigenvalue weighted by molar-refractivity contribution is 5.74. The van der Waals surface area contributed by atoms with Crippen molar-refractivity contribution in [1.82, 2.24) is 10.2 Å². The van der Waals surface area contributed by atoms with Crippen LogP contribution in [0.3, 0.4) is 0 Å². The summed E-state index contributed by atoms with van der Waals surface area (Å²) in [6.45, 7) is 6.14. The van der Waals surface area contributed by atoms with Gasteiger partial charge in [-0.05, 0) is 17.4 Å². The van der Waals surface area contributed by atoms with Crippen molar-refractivity contribution in [3.63, 3.8) is 0 Å². The van der Waals surface area contributed by atoms with Crippen LogP contribution in [0.4, 0.5) is 4.79 Å². The standard InChI is InChI=1S/C18H28N2O4/c1-14(16(22)23)18(2,3)13-19-17(24)20(11-12-21)10-9-15-7-5-4-6-8-15/h4-8,14,21H,9-13H2,1-3H3,(H,19,24)(H,22,23)/t14-/m0/s1. The molecule has 0 aliphatic carbocycles. The number of carboxylic acids is 1. The molecule has 1 rings (SSSR count). The van der Waals surface area contributed by atoms with E-state index < -0.39 is 17.3 Å². The van der Waals surface area contributed by atoms with Gasteiger partial charge in [0, 0.05) is 19.6 Å². The molecule has 1 atom stereocenters. The summed E-state index contributed by atoms with van der Waals surface area (Å²) in [5.74, 6) is -1.46. The van der Waals surface area contributed by atoms with Gasteiger partial charge >= 0.3 is 12.0 Å². The summed E-state index contributed by atoms with van der Waals surface area (Å²) >= 11 is 0. The molecule has 6 heteroatoms. The van der Waals surface area contributed by atoms with Crippen molar-refractivity contribution in [3.05, 3.63) is 35.9 Å². The Morgan fingerprint density at radius 3 is 2.38 bits per heavy atom. The third kappa shape index (κ3) is 6.20. The van der Waals surface area contributed by atoms with E-state index in [2.05, 4.69) is 5.32 Å². The lowest BCUT2D eigenvalue weighted by molar-refractivity contribution is -0.144. The van der Waals surface area contributed by atoms with Crippen molar-refractivity contribution >= 4 is 12.0 Å². The molecule has 0 fully saturated rings. The van der Waals surface area contributed by atoms with Crippen LogP contribution in [0.25, 0.3) is 0 Å². The Labute approximate surface area is 143 Å². The number of hydrogen-bond donors (Lipinski definition) is 3. The van der Waals surface area contributed by atoms with Gasteiger partial charge in [0.1, 0.15) is 0 Å².